The number of esters is 5. The molecule has 2 fully saturated rings. The average Bonchev–Trinajstić information content (AvgIpc) is 2.80. The van der Waals surface area contributed by atoms with Crippen molar-refractivity contribution in [2.24, 2.45) is 22.7 Å². The van der Waals surface area contributed by atoms with Gasteiger partial charge in [-0.1, -0.05) is 27.4 Å². The van der Waals surface area contributed by atoms with Crippen molar-refractivity contribution < 1.29 is 52.8 Å². The van der Waals surface area contributed by atoms with Gasteiger partial charge in [0.15, 0.2) is 12.2 Å². The first-order valence-corrected chi connectivity index (χ1v) is 13.8. The lowest BCUT2D eigenvalue weighted by molar-refractivity contribution is -0.228. The van der Waals surface area contributed by atoms with Crippen molar-refractivity contribution in [2.75, 3.05) is 0 Å². The molecule has 2 bridgehead atoms. The third kappa shape index (κ3) is 5.91. The quantitative estimate of drug-likeness (QED) is 0.291. The van der Waals surface area contributed by atoms with Gasteiger partial charge in [0, 0.05) is 52.9 Å². The van der Waals surface area contributed by atoms with Crippen LogP contribution in [0.5, 0.6) is 0 Å². The maximum atomic E-state index is 12.7. The van der Waals surface area contributed by atoms with Gasteiger partial charge in [0.2, 0.25) is 0 Å². The van der Waals surface area contributed by atoms with Crippen LogP contribution in [0.25, 0.3) is 0 Å². The Hall–Kier alpha value is -3.21. The lowest BCUT2D eigenvalue weighted by Gasteiger charge is -2.61. The highest BCUT2D eigenvalue weighted by atomic mass is 16.6. The number of aliphatic hydroxyl groups is 1. The van der Waals surface area contributed by atoms with Crippen LogP contribution >= 0.6 is 0 Å². The van der Waals surface area contributed by atoms with Crippen LogP contribution in [0.3, 0.4) is 0 Å². The highest BCUT2D eigenvalue weighted by molar-refractivity contribution is 5.69. The van der Waals surface area contributed by atoms with Crippen molar-refractivity contribution in [2.45, 2.75) is 112 Å². The van der Waals surface area contributed by atoms with Crippen LogP contribution in [0.15, 0.2) is 23.3 Å². The largest absolute Gasteiger partial charge is 0.462 e. The number of aliphatic hydroxyl groups excluding tert-OH is 1. The fourth-order valence-electron chi connectivity index (χ4n) is 7.49. The van der Waals surface area contributed by atoms with Crippen LogP contribution in [0.1, 0.15) is 75.2 Å². The van der Waals surface area contributed by atoms with E-state index in [9.17, 15) is 29.1 Å². The summed E-state index contributed by atoms with van der Waals surface area (Å²) < 4.78 is 29.5. The molecule has 0 radical (unpaired) electrons. The van der Waals surface area contributed by atoms with E-state index in [0.717, 1.165) is 0 Å². The molecule has 3 rings (SSSR count). The van der Waals surface area contributed by atoms with Gasteiger partial charge in [-0.3, -0.25) is 24.0 Å². The van der Waals surface area contributed by atoms with E-state index in [-0.39, 0.29) is 18.4 Å². The smallest absolute Gasteiger partial charge is 0.303 e. The molecule has 1 N–H and O–H groups in total. The van der Waals surface area contributed by atoms with Gasteiger partial charge in [-0.15, -0.1) is 0 Å². The summed E-state index contributed by atoms with van der Waals surface area (Å²) in [6.07, 6.45) is -6.33. The normalized spacial score (nSPS) is 36.1. The van der Waals surface area contributed by atoms with E-state index < -0.39 is 89.1 Å². The first-order valence-electron chi connectivity index (χ1n) is 13.8. The number of ether oxygens (including phenoxy) is 5. The first-order chi connectivity index (χ1) is 18.8. The van der Waals surface area contributed by atoms with E-state index in [1.807, 2.05) is 13.8 Å². The molecule has 0 aromatic rings. The minimum Gasteiger partial charge on any atom is -0.462 e. The summed E-state index contributed by atoms with van der Waals surface area (Å²) in [5.74, 6) is -4.65. The molecular formula is C30H42O11. The van der Waals surface area contributed by atoms with Crippen LogP contribution < -0.4 is 0 Å². The zero-order valence-electron chi connectivity index (χ0n) is 25.3. The average molecular weight is 579 g/mol. The van der Waals surface area contributed by atoms with Crippen LogP contribution in [0.4, 0.5) is 0 Å². The van der Waals surface area contributed by atoms with Gasteiger partial charge >= 0.3 is 29.8 Å². The molecule has 3 aliphatic carbocycles. The Balaban J connectivity index is 2.52. The molecule has 0 aliphatic heterocycles. The maximum Gasteiger partial charge on any atom is 0.303 e. The van der Waals surface area contributed by atoms with E-state index in [0.29, 0.717) is 11.1 Å². The van der Waals surface area contributed by atoms with Gasteiger partial charge in [-0.2, -0.15) is 0 Å². The Morgan fingerprint density at radius 2 is 1.29 bits per heavy atom. The van der Waals surface area contributed by atoms with E-state index in [1.54, 1.807) is 13.8 Å². The Morgan fingerprint density at radius 3 is 1.78 bits per heavy atom. The van der Waals surface area contributed by atoms with E-state index in [1.165, 1.54) is 34.6 Å². The molecule has 9 atom stereocenters. The fraction of sp³-hybridized carbons (Fsp3) is 0.700. The zero-order valence-corrected chi connectivity index (χ0v) is 25.3. The van der Waals surface area contributed by atoms with Crippen molar-refractivity contribution >= 4 is 29.8 Å². The van der Waals surface area contributed by atoms with Crippen LogP contribution in [0.2, 0.25) is 0 Å². The standard InChI is InChI=1S/C30H42O11/c1-13-21(36)12-23(38-16(4)32)30(10)25(13)26(39-17(5)33)20-11-22(37-15(3)31)14(2)24(29(20,8)9)27(40-18(6)34)28(30)41-19(7)35/h20-23,25-28,36H,1,11-12H2,2-10H3. The molecule has 0 aromatic carbocycles. The predicted octanol–water partition coefficient (Wildman–Crippen LogP) is 2.96. The lowest BCUT2D eigenvalue weighted by atomic mass is 9.48. The molecule has 2 saturated carbocycles. The molecule has 41 heavy (non-hydrogen) atoms. The number of rotatable bonds is 5. The number of carbonyl (C=O) groups is 5. The van der Waals surface area contributed by atoms with Gasteiger partial charge < -0.3 is 28.8 Å². The van der Waals surface area contributed by atoms with Crippen molar-refractivity contribution in [3.8, 4) is 0 Å². The third-order valence-electron chi connectivity index (χ3n) is 9.03. The molecule has 0 spiro atoms. The number of hydrogen-bond acceptors (Lipinski definition) is 11. The Bertz CT molecular complexity index is 1170. The highest BCUT2D eigenvalue weighted by Gasteiger charge is 2.67. The molecule has 0 amide bonds. The van der Waals surface area contributed by atoms with E-state index in [2.05, 4.69) is 6.58 Å². The lowest BCUT2D eigenvalue weighted by Crippen LogP contribution is -2.68. The van der Waals surface area contributed by atoms with Crippen molar-refractivity contribution in [1.29, 1.82) is 0 Å². The summed E-state index contributed by atoms with van der Waals surface area (Å²) in [6, 6.07) is 0. The Morgan fingerprint density at radius 1 is 0.780 bits per heavy atom. The monoisotopic (exact) mass is 578 g/mol. The van der Waals surface area contributed by atoms with Gasteiger partial charge in [0.1, 0.15) is 18.3 Å². The second-order valence-electron chi connectivity index (χ2n) is 12.2. The second kappa shape index (κ2) is 11.6. The molecule has 0 aromatic heterocycles. The Labute approximate surface area is 240 Å². The van der Waals surface area contributed by atoms with E-state index >= 15 is 0 Å². The summed E-state index contributed by atoms with van der Waals surface area (Å²) in [5, 5.41) is 11.2. The molecule has 11 nitrogen and oxygen atoms in total. The summed E-state index contributed by atoms with van der Waals surface area (Å²) >= 11 is 0. The number of hydrogen-bond donors (Lipinski definition) is 1. The summed E-state index contributed by atoms with van der Waals surface area (Å²) in [5.41, 5.74) is -0.845. The van der Waals surface area contributed by atoms with Crippen LogP contribution in [-0.2, 0) is 47.7 Å². The molecule has 9 unspecified atom stereocenters. The van der Waals surface area contributed by atoms with Crippen molar-refractivity contribution in [1.82, 2.24) is 0 Å². The second-order valence-corrected chi connectivity index (χ2v) is 12.2. The minimum absolute atomic E-state index is 0.0784. The van der Waals surface area contributed by atoms with Gasteiger partial charge in [-0.05, 0) is 35.5 Å². The summed E-state index contributed by atoms with van der Waals surface area (Å²) in [7, 11) is 0. The zero-order chi connectivity index (χ0) is 31.2. The van der Waals surface area contributed by atoms with Gasteiger partial charge in [0.25, 0.3) is 0 Å². The molecule has 0 heterocycles. The minimum atomic E-state index is -1.40. The fourth-order valence-corrected chi connectivity index (χ4v) is 7.49. The Kier molecular flexibility index (Phi) is 9.13. The van der Waals surface area contributed by atoms with Gasteiger partial charge in [0.05, 0.1) is 11.5 Å². The van der Waals surface area contributed by atoms with Crippen LogP contribution in [-0.4, -0.2) is 71.6 Å². The summed E-state index contributed by atoms with van der Waals surface area (Å²) in [4.78, 5) is 62.5. The number of carbonyl (C=O) groups excluding carboxylic acids is 5. The van der Waals surface area contributed by atoms with Gasteiger partial charge in [-0.25, -0.2) is 0 Å². The number of fused-ring (bicyclic) bond motifs is 3. The molecule has 228 valence electrons. The third-order valence-corrected chi connectivity index (χ3v) is 9.03. The first kappa shape index (κ1) is 32.3. The molecule has 11 heteroatoms. The SMILES string of the molecule is C=C1C(O)CC(OC(C)=O)C2(C)C(OC(C)=O)C(OC(C)=O)C3=C(C)C(OC(C)=O)CC(C(OC(C)=O)C12)C3(C)C. The highest BCUT2D eigenvalue weighted by Crippen LogP contribution is 2.61. The van der Waals surface area contributed by atoms with E-state index in [4.69, 9.17) is 23.7 Å². The van der Waals surface area contributed by atoms with Crippen molar-refractivity contribution in [3.63, 3.8) is 0 Å². The summed E-state index contributed by atoms with van der Waals surface area (Å²) in [6.45, 7) is 17.6. The topological polar surface area (TPSA) is 152 Å². The van der Waals surface area contributed by atoms with Crippen LogP contribution in [0, 0.1) is 22.7 Å². The maximum absolute atomic E-state index is 12.7. The molecule has 0 saturated heterocycles. The predicted molar refractivity (Wildman–Crippen MR) is 144 cm³/mol. The molecular weight excluding hydrogens is 536 g/mol. The van der Waals surface area contributed by atoms with Crippen molar-refractivity contribution in [3.05, 3.63) is 23.3 Å². The molecule has 3 aliphatic rings.